The number of amides is 1. The van der Waals surface area contributed by atoms with Crippen LogP contribution in [0.3, 0.4) is 0 Å². The molecule has 2 rings (SSSR count). The first-order valence-corrected chi connectivity index (χ1v) is 6.57. The van der Waals surface area contributed by atoms with Crippen molar-refractivity contribution >= 4 is 22.9 Å². The quantitative estimate of drug-likeness (QED) is 0.911. The van der Waals surface area contributed by atoms with E-state index < -0.39 is 0 Å². The van der Waals surface area contributed by atoms with Crippen molar-refractivity contribution in [2.24, 2.45) is 0 Å². The van der Waals surface area contributed by atoms with E-state index in [1.165, 1.54) is 0 Å². The molecule has 0 fully saturated rings. The van der Waals surface area contributed by atoms with E-state index in [4.69, 9.17) is 5.73 Å². The Kier molecular flexibility index (Phi) is 3.74. The third-order valence-corrected chi connectivity index (χ3v) is 3.41. The van der Waals surface area contributed by atoms with E-state index in [2.05, 4.69) is 4.98 Å². The maximum absolute atomic E-state index is 12.2. The zero-order valence-corrected chi connectivity index (χ0v) is 11.7. The van der Waals surface area contributed by atoms with E-state index in [1.807, 2.05) is 39.0 Å². The number of nitrogens with two attached hydrogens (primary N) is 1. The zero-order chi connectivity index (χ0) is 14.0. The van der Waals surface area contributed by atoms with Gasteiger partial charge in [-0.25, -0.2) is 4.98 Å². The number of hydrogen-bond donors (Lipinski definition) is 1. The molecule has 0 aliphatic rings. The number of rotatable bonds is 4. The molecule has 102 valence electrons. The maximum Gasteiger partial charge on any atom is 0.242 e. The number of nitrogens with zero attached hydrogens (tertiary/aromatic N) is 3. The lowest BCUT2D eigenvalue weighted by Gasteiger charge is -2.19. The molecule has 0 saturated heterocycles. The van der Waals surface area contributed by atoms with Crippen molar-refractivity contribution in [2.45, 2.75) is 27.3 Å². The highest BCUT2D eigenvalue weighted by atomic mass is 16.2. The number of carbonyl (C=O) groups excluding carboxylic acids is 1. The first kappa shape index (κ1) is 13.4. The van der Waals surface area contributed by atoms with Gasteiger partial charge in [0.15, 0.2) is 0 Å². The molecule has 5 nitrogen and oxygen atoms in total. The summed E-state index contributed by atoms with van der Waals surface area (Å²) in [5.41, 5.74) is 8.80. The Balaban J connectivity index is 2.40. The van der Waals surface area contributed by atoms with E-state index in [0.29, 0.717) is 19.0 Å². The minimum atomic E-state index is 0.0688. The Morgan fingerprint density at radius 3 is 2.68 bits per heavy atom. The molecule has 1 heterocycles. The smallest absolute Gasteiger partial charge is 0.242 e. The second kappa shape index (κ2) is 5.30. The Morgan fingerprint density at radius 2 is 2.05 bits per heavy atom. The third kappa shape index (κ3) is 2.41. The fourth-order valence-corrected chi connectivity index (χ4v) is 2.35. The number of para-hydroxylation sites is 1. The fourth-order valence-electron chi connectivity index (χ4n) is 2.35. The summed E-state index contributed by atoms with van der Waals surface area (Å²) in [6.07, 6.45) is 0. The lowest BCUT2D eigenvalue weighted by atomic mass is 10.2. The highest BCUT2D eigenvalue weighted by Crippen LogP contribution is 2.21. The predicted octanol–water partition coefficient (Wildman–Crippen LogP) is 1.80. The molecular formula is C14H20N4O. The zero-order valence-electron chi connectivity index (χ0n) is 11.7. The third-order valence-electron chi connectivity index (χ3n) is 3.41. The summed E-state index contributed by atoms with van der Waals surface area (Å²) >= 11 is 0. The average molecular weight is 260 g/mol. The Hall–Kier alpha value is -2.04. The fraction of sp³-hybridized carbons (Fsp3) is 0.429. The first-order valence-electron chi connectivity index (χ1n) is 6.57. The molecule has 0 bridgehead atoms. The lowest BCUT2D eigenvalue weighted by molar-refractivity contribution is -0.131. The number of likely N-dealkylation sites (N-methyl/N-ethyl adjacent to an activating group) is 1. The molecule has 0 saturated carbocycles. The number of benzene rings is 1. The van der Waals surface area contributed by atoms with Gasteiger partial charge in [-0.05, 0) is 32.4 Å². The van der Waals surface area contributed by atoms with Crippen LogP contribution in [0.4, 0.5) is 5.95 Å². The van der Waals surface area contributed by atoms with Crippen LogP contribution in [0.1, 0.15) is 19.4 Å². The standard InChI is InChI=1S/C14H20N4O/c1-4-17(5-2)12(19)9-18-13-10(3)7-6-8-11(13)16-14(18)15/h6-8H,4-5,9H2,1-3H3,(H2,15,16). The minimum absolute atomic E-state index is 0.0688. The number of fused-ring (bicyclic) bond motifs is 1. The number of aryl methyl sites for hydroxylation is 1. The molecule has 0 aliphatic heterocycles. The predicted molar refractivity (Wildman–Crippen MR) is 76.8 cm³/mol. The second-order valence-electron chi connectivity index (χ2n) is 4.56. The minimum Gasteiger partial charge on any atom is -0.369 e. The molecule has 5 heteroatoms. The van der Waals surface area contributed by atoms with Crippen LogP contribution in [0.15, 0.2) is 18.2 Å². The van der Waals surface area contributed by atoms with Gasteiger partial charge in [-0.2, -0.15) is 0 Å². The molecule has 0 radical (unpaired) electrons. The van der Waals surface area contributed by atoms with Crippen LogP contribution in [-0.4, -0.2) is 33.4 Å². The molecule has 1 aromatic heterocycles. The van der Waals surface area contributed by atoms with Gasteiger partial charge in [0.05, 0.1) is 11.0 Å². The average Bonchev–Trinajstić information content (AvgIpc) is 2.69. The van der Waals surface area contributed by atoms with Crippen LogP contribution >= 0.6 is 0 Å². The number of imidazole rings is 1. The van der Waals surface area contributed by atoms with Crippen molar-refractivity contribution in [1.29, 1.82) is 0 Å². The molecule has 0 spiro atoms. The van der Waals surface area contributed by atoms with Crippen LogP contribution in [0.2, 0.25) is 0 Å². The second-order valence-corrected chi connectivity index (χ2v) is 4.56. The molecule has 0 atom stereocenters. The van der Waals surface area contributed by atoms with Crippen LogP contribution in [0.25, 0.3) is 11.0 Å². The normalized spacial score (nSPS) is 10.9. The van der Waals surface area contributed by atoms with E-state index in [1.54, 1.807) is 9.47 Å². The summed E-state index contributed by atoms with van der Waals surface area (Å²) in [4.78, 5) is 18.3. The molecule has 0 aliphatic carbocycles. The summed E-state index contributed by atoms with van der Waals surface area (Å²) in [6.45, 7) is 7.61. The van der Waals surface area contributed by atoms with Gasteiger partial charge in [0.2, 0.25) is 11.9 Å². The summed E-state index contributed by atoms with van der Waals surface area (Å²) in [6, 6.07) is 5.86. The molecule has 1 aromatic carbocycles. The number of nitrogen functional groups attached to an aromatic ring is 1. The largest absolute Gasteiger partial charge is 0.369 e. The Bertz CT molecular complexity index is 599. The summed E-state index contributed by atoms with van der Waals surface area (Å²) in [5, 5.41) is 0. The van der Waals surface area contributed by atoms with E-state index in [0.717, 1.165) is 16.6 Å². The molecule has 0 unspecified atom stereocenters. The highest BCUT2D eigenvalue weighted by Gasteiger charge is 2.16. The Morgan fingerprint density at radius 1 is 1.37 bits per heavy atom. The number of aromatic nitrogens is 2. The highest BCUT2D eigenvalue weighted by molar-refractivity contribution is 5.84. The van der Waals surface area contributed by atoms with Crippen LogP contribution in [0.5, 0.6) is 0 Å². The SMILES string of the molecule is CCN(CC)C(=O)Cn1c(N)nc2cccc(C)c21. The maximum atomic E-state index is 12.2. The summed E-state index contributed by atoms with van der Waals surface area (Å²) in [5.74, 6) is 0.462. The first-order chi connectivity index (χ1) is 9.08. The van der Waals surface area contributed by atoms with Gasteiger partial charge in [0.1, 0.15) is 6.54 Å². The van der Waals surface area contributed by atoms with E-state index in [-0.39, 0.29) is 12.5 Å². The molecular weight excluding hydrogens is 240 g/mol. The number of carbonyl (C=O) groups is 1. The van der Waals surface area contributed by atoms with Gasteiger partial charge in [-0.1, -0.05) is 12.1 Å². The monoisotopic (exact) mass is 260 g/mol. The summed E-state index contributed by atoms with van der Waals surface area (Å²) in [7, 11) is 0. The van der Waals surface area contributed by atoms with Crippen molar-refractivity contribution < 1.29 is 4.79 Å². The van der Waals surface area contributed by atoms with Crippen molar-refractivity contribution in [1.82, 2.24) is 14.5 Å². The Labute approximate surface area is 113 Å². The summed E-state index contributed by atoms with van der Waals surface area (Å²) < 4.78 is 1.80. The molecule has 2 N–H and O–H groups in total. The van der Waals surface area contributed by atoms with Crippen molar-refractivity contribution in [3.8, 4) is 0 Å². The molecule has 1 amide bonds. The molecule has 2 aromatic rings. The van der Waals surface area contributed by atoms with Gasteiger partial charge in [-0.15, -0.1) is 0 Å². The van der Waals surface area contributed by atoms with Crippen molar-refractivity contribution in [3.05, 3.63) is 23.8 Å². The van der Waals surface area contributed by atoms with Gasteiger partial charge in [-0.3, -0.25) is 4.79 Å². The van der Waals surface area contributed by atoms with Crippen molar-refractivity contribution in [2.75, 3.05) is 18.8 Å². The van der Waals surface area contributed by atoms with Gasteiger partial charge in [0.25, 0.3) is 0 Å². The van der Waals surface area contributed by atoms with Gasteiger partial charge >= 0.3 is 0 Å². The topological polar surface area (TPSA) is 64.2 Å². The van der Waals surface area contributed by atoms with Crippen LogP contribution in [0, 0.1) is 6.92 Å². The van der Waals surface area contributed by atoms with Crippen LogP contribution < -0.4 is 5.73 Å². The van der Waals surface area contributed by atoms with Gasteiger partial charge in [0, 0.05) is 13.1 Å². The van der Waals surface area contributed by atoms with Crippen molar-refractivity contribution in [3.63, 3.8) is 0 Å². The van der Waals surface area contributed by atoms with E-state index in [9.17, 15) is 4.79 Å². The van der Waals surface area contributed by atoms with Crippen LogP contribution in [-0.2, 0) is 11.3 Å². The lowest BCUT2D eigenvalue weighted by Crippen LogP contribution is -2.33. The van der Waals surface area contributed by atoms with E-state index >= 15 is 0 Å². The number of hydrogen-bond acceptors (Lipinski definition) is 3. The molecule has 19 heavy (non-hydrogen) atoms. The number of anilines is 1. The van der Waals surface area contributed by atoms with Gasteiger partial charge < -0.3 is 15.2 Å².